The third-order valence-corrected chi connectivity index (χ3v) is 9.25. The van der Waals surface area contributed by atoms with Crippen LogP contribution in [0.15, 0.2) is 67.0 Å². The number of hydrogen-bond acceptors (Lipinski definition) is 1. The summed E-state index contributed by atoms with van der Waals surface area (Å²) in [6.07, 6.45) is 4.80. The van der Waals surface area contributed by atoms with Crippen molar-refractivity contribution in [3.8, 4) is 0 Å². The predicted molar refractivity (Wildman–Crippen MR) is 157 cm³/mol. The normalized spacial score (nSPS) is 18.2. The molecular weight excluding hydrogens is 428 g/mol. The molecule has 0 nitrogen and oxygen atoms in total. The highest BCUT2D eigenvalue weighted by atomic mass is 32.2. The largest absolute Gasteiger partial charge is 0.0940 e. The number of rotatable bonds is 5. The van der Waals surface area contributed by atoms with Crippen LogP contribution < -0.4 is 0 Å². The maximum Gasteiger partial charge on any atom is 0.0180 e. The van der Waals surface area contributed by atoms with Crippen molar-refractivity contribution in [2.24, 2.45) is 5.92 Å². The second-order valence-corrected chi connectivity index (χ2v) is 11.8. The van der Waals surface area contributed by atoms with E-state index in [1.807, 2.05) is 11.8 Å². The number of allylic oxidation sites excluding steroid dienone is 11. The lowest BCUT2D eigenvalue weighted by Crippen LogP contribution is -2.02. The van der Waals surface area contributed by atoms with Gasteiger partial charge in [-0.15, -0.1) is 0 Å². The fourth-order valence-corrected chi connectivity index (χ4v) is 6.33. The molecule has 2 rings (SSSR count). The van der Waals surface area contributed by atoms with Crippen molar-refractivity contribution in [2.75, 3.05) is 0 Å². The summed E-state index contributed by atoms with van der Waals surface area (Å²) in [5.74, 6) is 0.460. The van der Waals surface area contributed by atoms with Gasteiger partial charge in [0.1, 0.15) is 0 Å². The number of hydrogen-bond donors (Lipinski definition) is 0. The highest BCUT2D eigenvalue weighted by molar-refractivity contribution is 8.07. The Kier molecular flexibility index (Phi) is 9.28. The lowest BCUT2D eigenvalue weighted by atomic mass is 9.87. The van der Waals surface area contributed by atoms with Gasteiger partial charge in [0, 0.05) is 4.91 Å². The van der Waals surface area contributed by atoms with Gasteiger partial charge >= 0.3 is 0 Å². The second-order valence-electron chi connectivity index (χ2n) is 10.6. The first-order valence-electron chi connectivity index (χ1n) is 12.6. The molecule has 0 radical (unpaired) electrons. The molecule has 34 heavy (non-hydrogen) atoms. The first-order valence-corrected chi connectivity index (χ1v) is 13.4. The summed E-state index contributed by atoms with van der Waals surface area (Å²) in [5.41, 5.74) is 18.1. The Bertz CT molecular complexity index is 1180. The minimum atomic E-state index is 0.460. The van der Waals surface area contributed by atoms with Crippen LogP contribution in [-0.2, 0) is 0 Å². The lowest BCUT2D eigenvalue weighted by Gasteiger charge is -2.23. The smallest absolute Gasteiger partial charge is 0.0180 e. The van der Waals surface area contributed by atoms with E-state index in [0.717, 1.165) is 0 Å². The SMILES string of the molecule is CC1=C(C)C(C)=C(C)/C(=C(C)/C=C(C)\C(=C(C)\C=C(/C)c2cc(C)c(C)c(C)c2C)C(C)C)S1. The molecule has 0 spiro atoms. The Morgan fingerprint density at radius 3 is 1.88 bits per heavy atom. The van der Waals surface area contributed by atoms with Gasteiger partial charge in [0.15, 0.2) is 0 Å². The molecule has 0 aliphatic carbocycles. The topological polar surface area (TPSA) is 0 Å². The average molecular weight is 475 g/mol. The van der Waals surface area contributed by atoms with Crippen LogP contribution in [0.1, 0.15) is 97.1 Å². The van der Waals surface area contributed by atoms with Crippen molar-refractivity contribution in [1.29, 1.82) is 0 Å². The van der Waals surface area contributed by atoms with Crippen molar-refractivity contribution < 1.29 is 0 Å². The van der Waals surface area contributed by atoms with Gasteiger partial charge in [-0.25, -0.2) is 0 Å². The van der Waals surface area contributed by atoms with Crippen LogP contribution in [0.4, 0.5) is 0 Å². The zero-order valence-electron chi connectivity index (χ0n) is 24.2. The van der Waals surface area contributed by atoms with E-state index >= 15 is 0 Å². The fraction of sp³-hybridized carbons (Fsp3) is 0.455. The van der Waals surface area contributed by atoms with E-state index in [-0.39, 0.29) is 0 Å². The van der Waals surface area contributed by atoms with Gasteiger partial charge in [-0.1, -0.05) is 43.8 Å². The zero-order chi connectivity index (χ0) is 26.1. The molecule has 1 heteroatoms. The molecule has 1 aliphatic heterocycles. The van der Waals surface area contributed by atoms with Crippen LogP contribution in [0.2, 0.25) is 0 Å². The molecule has 0 bridgehead atoms. The van der Waals surface area contributed by atoms with Gasteiger partial charge in [0.2, 0.25) is 0 Å². The molecular formula is C33H46S. The predicted octanol–water partition coefficient (Wildman–Crippen LogP) is 10.9. The second kappa shape index (κ2) is 11.2. The lowest BCUT2D eigenvalue weighted by molar-refractivity contribution is 0.769. The minimum Gasteiger partial charge on any atom is -0.0940 e. The molecule has 0 unspecified atom stereocenters. The van der Waals surface area contributed by atoms with Gasteiger partial charge in [0.25, 0.3) is 0 Å². The van der Waals surface area contributed by atoms with Crippen LogP contribution in [0.3, 0.4) is 0 Å². The van der Waals surface area contributed by atoms with Crippen LogP contribution in [-0.4, -0.2) is 0 Å². The van der Waals surface area contributed by atoms with Crippen LogP contribution in [0.25, 0.3) is 5.57 Å². The molecule has 1 aromatic carbocycles. The summed E-state index contributed by atoms with van der Waals surface area (Å²) in [6.45, 7) is 31.7. The van der Waals surface area contributed by atoms with Crippen molar-refractivity contribution in [2.45, 2.75) is 96.9 Å². The monoisotopic (exact) mass is 474 g/mol. The Balaban J connectivity index is 2.59. The van der Waals surface area contributed by atoms with Crippen molar-refractivity contribution in [3.63, 3.8) is 0 Å². The molecule has 0 aromatic heterocycles. The van der Waals surface area contributed by atoms with E-state index in [1.165, 1.54) is 82.2 Å². The fourth-order valence-electron chi connectivity index (χ4n) is 5.19. The molecule has 0 saturated carbocycles. The quantitative estimate of drug-likeness (QED) is 0.382. The minimum absolute atomic E-state index is 0.460. The number of benzene rings is 1. The summed E-state index contributed by atoms with van der Waals surface area (Å²) in [4.78, 5) is 2.82. The van der Waals surface area contributed by atoms with E-state index in [9.17, 15) is 0 Å². The first-order chi connectivity index (χ1) is 15.7. The molecule has 1 aliphatic rings. The van der Waals surface area contributed by atoms with E-state index in [0.29, 0.717) is 5.92 Å². The van der Waals surface area contributed by atoms with E-state index < -0.39 is 0 Å². The van der Waals surface area contributed by atoms with Crippen LogP contribution in [0.5, 0.6) is 0 Å². The third-order valence-electron chi connectivity index (χ3n) is 7.81. The third kappa shape index (κ3) is 5.80. The summed E-state index contributed by atoms with van der Waals surface area (Å²) >= 11 is 1.93. The highest BCUT2D eigenvalue weighted by Crippen LogP contribution is 2.43. The van der Waals surface area contributed by atoms with Crippen molar-refractivity contribution in [3.05, 3.63) is 94.9 Å². The van der Waals surface area contributed by atoms with E-state index in [4.69, 9.17) is 0 Å². The van der Waals surface area contributed by atoms with Crippen molar-refractivity contribution in [1.82, 2.24) is 0 Å². The molecule has 0 N–H and O–H groups in total. The first kappa shape index (κ1) is 28.2. The Hall–Kier alpha value is -1.99. The van der Waals surface area contributed by atoms with Gasteiger partial charge in [0.05, 0.1) is 0 Å². The number of aryl methyl sites for hydroxylation is 1. The summed E-state index contributed by atoms with van der Waals surface area (Å²) in [7, 11) is 0. The van der Waals surface area contributed by atoms with Crippen molar-refractivity contribution >= 4 is 17.3 Å². The molecule has 0 atom stereocenters. The molecule has 1 heterocycles. The van der Waals surface area contributed by atoms with Crippen LogP contribution in [0, 0.1) is 33.6 Å². The van der Waals surface area contributed by atoms with E-state index in [1.54, 1.807) is 0 Å². The summed E-state index contributed by atoms with van der Waals surface area (Å²) < 4.78 is 0. The molecule has 0 fully saturated rings. The van der Waals surface area contributed by atoms with Gasteiger partial charge < -0.3 is 0 Å². The average Bonchev–Trinajstić information content (AvgIpc) is 2.75. The summed E-state index contributed by atoms with van der Waals surface area (Å²) in [5, 5.41) is 0. The Morgan fingerprint density at radius 2 is 1.32 bits per heavy atom. The maximum absolute atomic E-state index is 2.40. The Labute approximate surface area is 214 Å². The Morgan fingerprint density at radius 1 is 0.735 bits per heavy atom. The van der Waals surface area contributed by atoms with E-state index in [2.05, 4.69) is 115 Å². The number of thioether (sulfide) groups is 1. The standard InChI is InChI=1S/C33H46S/c1-18(2)32(21(5)15-20(4)31-17-19(3)24(8)25(9)28(31)12)22(6)16-23(7)33-29(13)26(10)27(11)30(14)34-33/h15-18H,1-14H3/b20-15+,22-16-,32-21+,33-23-. The van der Waals surface area contributed by atoms with Gasteiger partial charge in [-0.2, -0.15) is 0 Å². The van der Waals surface area contributed by atoms with Gasteiger partial charge in [-0.3, -0.25) is 0 Å². The molecule has 1 aromatic rings. The highest BCUT2D eigenvalue weighted by Gasteiger charge is 2.18. The summed E-state index contributed by atoms with van der Waals surface area (Å²) in [6, 6.07) is 2.36. The molecule has 0 amide bonds. The maximum atomic E-state index is 2.40. The van der Waals surface area contributed by atoms with Crippen LogP contribution >= 0.6 is 11.8 Å². The molecule has 0 saturated heterocycles. The van der Waals surface area contributed by atoms with Gasteiger partial charge in [-0.05, 0) is 166 Å². The molecule has 184 valence electrons. The zero-order valence-corrected chi connectivity index (χ0v) is 25.0.